The number of nitrogens with zero attached hydrogens (tertiary/aromatic N) is 2. The molecule has 1 atom stereocenters. The van der Waals surface area contributed by atoms with E-state index in [1.165, 1.54) is 31.0 Å². The van der Waals surface area contributed by atoms with Gasteiger partial charge in [0.15, 0.2) is 5.69 Å². The molecule has 5 nitrogen and oxygen atoms in total. The topological polar surface area (TPSA) is 66.6 Å². The van der Waals surface area contributed by atoms with E-state index >= 15 is 0 Å². The Kier molecular flexibility index (Phi) is 4.98. The minimum atomic E-state index is -4.48. The summed E-state index contributed by atoms with van der Waals surface area (Å²) in [6.45, 7) is 2.94. The van der Waals surface area contributed by atoms with Crippen LogP contribution in [-0.4, -0.2) is 40.6 Å². The first-order chi connectivity index (χ1) is 11.1. The number of likely N-dealkylation sites (N-methyl/N-ethyl adjacent to an activating group) is 1. The molecule has 130 valence electrons. The standard InChI is InChI=1S/C16H17F3N2O3/c1-9(8-22)21(3)15(23)13-10(2)24-14(20-13)11-5-4-6-12(7-11)16(17,18)19/h4-7,9,22H,8H2,1-3H3/t9-/m0/s1. The summed E-state index contributed by atoms with van der Waals surface area (Å²) in [7, 11) is 1.50. The summed E-state index contributed by atoms with van der Waals surface area (Å²) in [5, 5.41) is 9.12. The fourth-order valence-electron chi connectivity index (χ4n) is 2.04. The average Bonchev–Trinajstić information content (AvgIpc) is 2.94. The molecule has 0 unspecified atom stereocenters. The molecule has 1 N–H and O–H groups in total. The van der Waals surface area contributed by atoms with E-state index in [4.69, 9.17) is 9.52 Å². The molecule has 0 aliphatic heterocycles. The second-order valence-corrected chi connectivity index (χ2v) is 5.45. The van der Waals surface area contributed by atoms with E-state index in [0.717, 1.165) is 12.1 Å². The van der Waals surface area contributed by atoms with Gasteiger partial charge < -0.3 is 14.4 Å². The minimum Gasteiger partial charge on any atom is -0.441 e. The largest absolute Gasteiger partial charge is 0.441 e. The van der Waals surface area contributed by atoms with Gasteiger partial charge in [0.2, 0.25) is 5.89 Å². The van der Waals surface area contributed by atoms with Gasteiger partial charge in [0.05, 0.1) is 18.2 Å². The third-order valence-electron chi connectivity index (χ3n) is 3.68. The molecule has 0 spiro atoms. The highest BCUT2D eigenvalue weighted by Gasteiger charge is 2.31. The smallest absolute Gasteiger partial charge is 0.416 e. The number of aliphatic hydroxyl groups is 1. The number of alkyl halides is 3. The Balaban J connectivity index is 2.37. The van der Waals surface area contributed by atoms with Gasteiger partial charge in [-0.15, -0.1) is 0 Å². The van der Waals surface area contributed by atoms with Crippen LogP contribution in [0.4, 0.5) is 13.2 Å². The van der Waals surface area contributed by atoms with Crippen LogP contribution in [0.5, 0.6) is 0 Å². The molecule has 2 rings (SSSR count). The maximum Gasteiger partial charge on any atom is 0.416 e. The van der Waals surface area contributed by atoms with Crippen molar-refractivity contribution < 1.29 is 27.5 Å². The lowest BCUT2D eigenvalue weighted by molar-refractivity contribution is -0.137. The van der Waals surface area contributed by atoms with Gasteiger partial charge >= 0.3 is 6.18 Å². The van der Waals surface area contributed by atoms with Crippen molar-refractivity contribution in [1.29, 1.82) is 0 Å². The number of oxazole rings is 1. The predicted molar refractivity (Wildman–Crippen MR) is 80.3 cm³/mol. The fraction of sp³-hybridized carbons (Fsp3) is 0.375. The Bertz CT molecular complexity index is 740. The van der Waals surface area contributed by atoms with Crippen molar-refractivity contribution in [3.05, 3.63) is 41.3 Å². The molecule has 1 heterocycles. The second kappa shape index (κ2) is 6.64. The zero-order chi connectivity index (χ0) is 18.1. The maximum absolute atomic E-state index is 12.8. The van der Waals surface area contributed by atoms with Gasteiger partial charge in [-0.3, -0.25) is 4.79 Å². The van der Waals surface area contributed by atoms with Crippen molar-refractivity contribution in [2.24, 2.45) is 0 Å². The van der Waals surface area contributed by atoms with Gasteiger partial charge in [-0.25, -0.2) is 4.98 Å². The molecule has 8 heteroatoms. The van der Waals surface area contributed by atoms with Crippen LogP contribution in [0.2, 0.25) is 0 Å². The second-order valence-electron chi connectivity index (χ2n) is 5.45. The molecule has 0 aliphatic rings. The number of aliphatic hydroxyl groups excluding tert-OH is 1. The highest BCUT2D eigenvalue weighted by molar-refractivity contribution is 5.93. The maximum atomic E-state index is 12.8. The zero-order valence-electron chi connectivity index (χ0n) is 13.4. The zero-order valence-corrected chi connectivity index (χ0v) is 13.4. The molecule has 2 aromatic rings. The molecule has 1 aromatic carbocycles. The molecule has 0 aliphatic carbocycles. The number of hydrogen-bond donors (Lipinski definition) is 1. The van der Waals surface area contributed by atoms with Crippen LogP contribution < -0.4 is 0 Å². The summed E-state index contributed by atoms with van der Waals surface area (Å²) in [4.78, 5) is 17.7. The normalized spacial score (nSPS) is 13.0. The van der Waals surface area contributed by atoms with Gasteiger partial charge in [-0.1, -0.05) is 6.07 Å². The molecule has 1 aromatic heterocycles. The van der Waals surface area contributed by atoms with Crippen molar-refractivity contribution in [2.75, 3.05) is 13.7 Å². The van der Waals surface area contributed by atoms with Crippen LogP contribution in [0.25, 0.3) is 11.5 Å². The Hall–Kier alpha value is -2.35. The summed E-state index contributed by atoms with van der Waals surface area (Å²) >= 11 is 0. The van der Waals surface area contributed by atoms with E-state index in [1.807, 2.05) is 0 Å². The van der Waals surface area contributed by atoms with Crippen molar-refractivity contribution in [1.82, 2.24) is 9.88 Å². The lowest BCUT2D eigenvalue weighted by atomic mass is 10.1. The van der Waals surface area contributed by atoms with Gasteiger partial charge in [0.1, 0.15) is 5.76 Å². The van der Waals surface area contributed by atoms with Crippen LogP contribution in [0, 0.1) is 6.92 Å². The fourth-order valence-corrected chi connectivity index (χ4v) is 2.04. The number of benzene rings is 1. The van der Waals surface area contributed by atoms with Crippen molar-refractivity contribution in [2.45, 2.75) is 26.1 Å². The van der Waals surface area contributed by atoms with E-state index in [1.54, 1.807) is 6.92 Å². The van der Waals surface area contributed by atoms with Crippen LogP contribution in [0.15, 0.2) is 28.7 Å². The van der Waals surface area contributed by atoms with Gasteiger partial charge in [0.25, 0.3) is 5.91 Å². The van der Waals surface area contributed by atoms with E-state index in [0.29, 0.717) is 0 Å². The first kappa shape index (κ1) is 18.0. The van der Waals surface area contributed by atoms with E-state index in [9.17, 15) is 18.0 Å². The molecular weight excluding hydrogens is 325 g/mol. The monoisotopic (exact) mass is 342 g/mol. The quantitative estimate of drug-likeness (QED) is 0.927. The van der Waals surface area contributed by atoms with E-state index < -0.39 is 23.7 Å². The van der Waals surface area contributed by atoms with Gasteiger partial charge in [-0.05, 0) is 32.0 Å². The predicted octanol–water partition coefficient (Wildman–Crippen LogP) is 3.12. The Morgan fingerprint density at radius 1 is 1.42 bits per heavy atom. The molecular formula is C16H17F3N2O3. The number of aryl methyl sites for hydroxylation is 1. The molecule has 0 saturated heterocycles. The van der Waals surface area contributed by atoms with Crippen molar-refractivity contribution >= 4 is 5.91 Å². The first-order valence-electron chi connectivity index (χ1n) is 7.18. The number of rotatable bonds is 4. The van der Waals surface area contributed by atoms with E-state index in [2.05, 4.69) is 4.98 Å². The summed E-state index contributed by atoms with van der Waals surface area (Å²) in [5.41, 5.74) is -0.690. The van der Waals surface area contributed by atoms with E-state index in [-0.39, 0.29) is 29.5 Å². The third-order valence-corrected chi connectivity index (χ3v) is 3.68. The third kappa shape index (κ3) is 3.59. The lowest BCUT2D eigenvalue weighted by Crippen LogP contribution is -2.37. The highest BCUT2D eigenvalue weighted by Crippen LogP contribution is 2.32. The van der Waals surface area contributed by atoms with Crippen LogP contribution >= 0.6 is 0 Å². The molecule has 0 bridgehead atoms. The number of aromatic nitrogens is 1. The SMILES string of the molecule is Cc1oc(-c2cccc(C(F)(F)F)c2)nc1C(=O)N(C)[C@@H](C)CO. The number of amides is 1. The molecule has 24 heavy (non-hydrogen) atoms. The van der Waals surface area contributed by atoms with Crippen LogP contribution in [0.3, 0.4) is 0 Å². The summed E-state index contributed by atoms with van der Waals surface area (Å²) in [6, 6.07) is 4.11. The number of carbonyl (C=O) groups is 1. The van der Waals surface area contributed by atoms with Gasteiger partial charge in [-0.2, -0.15) is 13.2 Å². The summed E-state index contributed by atoms with van der Waals surface area (Å²) in [5.74, 6) is -0.340. The number of hydrogen-bond acceptors (Lipinski definition) is 4. The summed E-state index contributed by atoms with van der Waals surface area (Å²) in [6.07, 6.45) is -4.48. The van der Waals surface area contributed by atoms with Crippen molar-refractivity contribution in [3.8, 4) is 11.5 Å². The molecule has 0 radical (unpaired) electrons. The Morgan fingerprint density at radius 2 is 2.08 bits per heavy atom. The lowest BCUT2D eigenvalue weighted by Gasteiger charge is -2.22. The summed E-state index contributed by atoms with van der Waals surface area (Å²) < 4.78 is 43.7. The average molecular weight is 342 g/mol. The molecule has 1 amide bonds. The Morgan fingerprint density at radius 3 is 2.67 bits per heavy atom. The molecule has 0 saturated carbocycles. The van der Waals surface area contributed by atoms with Crippen LogP contribution in [-0.2, 0) is 6.18 Å². The number of halogens is 3. The minimum absolute atomic E-state index is 0.00483. The molecule has 0 fully saturated rings. The highest BCUT2D eigenvalue weighted by atomic mass is 19.4. The van der Waals surface area contributed by atoms with Crippen molar-refractivity contribution in [3.63, 3.8) is 0 Å². The first-order valence-corrected chi connectivity index (χ1v) is 7.18. The number of carbonyl (C=O) groups excluding carboxylic acids is 1. The van der Waals surface area contributed by atoms with Crippen LogP contribution in [0.1, 0.15) is 28.7 Å². The Labute approximate surface area is 136 Å². The van der Waals surface area contributed by atoms with Gasteiger partial charge in [0, 0.05) is 12.6 Å².